The van der Waals surface area contributed by atoms with Crippen LogP contribution in [0.15, 0.2) is 18.3 Å². The van der Waals surface area contributed by atoms with Gasteiger partial charge >= 0.3 is 0 Å². The van der Waals surface area contributed by atoms with Crippen molar-refractivity contribution in [1.82, 2.24) is 25.1 Å². The van der Waals surface area contributed by atoms with Crippen LogP contribution in [0.1, 0.15) is 43.7 Å². The molecule has 3 heterocycles. The van der Waals surface area contributed by atoms with Crippen LogP contribution in [0.5, 0.6) is 0 Å². The Balaban J connectivity index is 1.22. The molecule has 3 saturated carbocycles. The minimum absolute atomic E-state index is 0.451. The number of fused-ring (bicyclic) bond motifs is 1. The van der Waals surface area contributed by atoms with E-state index < -0.39 is 0 Å². The number of nitrogens with zero attached hydrogens (tertiary/aromatic N) is 4. The maximum atomic E-state index is 4.61. The van der Waals surface area contributed by atoms with Crippen LogP contribution in [0, 0.1) is 11.8 Å². The second kappa shape index (κ2) is 6.54. The van der Waals surface area contributed by atoms with Crippen LogP contribution >= 0.6 is 0 Å². The summed E-state index contributed by atoms with van der Waals surface area (Å²) in [6.07, 6.45) is 8.19. The van der Waals surface area contributed by atoms with Gasteiger partial charge in [-0.3, -0.25) is 5.10 Å². The third-order valence-electron chi connectivity index (χ3n) is 6.39. The molecular formula is C19H27N7. The van der Waals surface area contributed by atoms with E-state index >= 15 is 0 Å². The van der Waals surface area contributed by atoms with E-state index in [1.54, 1.807) is 6.20 Å². The number of H-pyrrole nitrogens is 1. The lowest BCUT2D eigenvalue weighted by Gasteiger charge is -2.29. The van der Waals surface area contributed by atoms with Crippen LogP contribution in [0.25, 0.3) is 0 Å². The molecule has 1 aliphatic heterocycles. The Morgan fingerprint density at radius 2 is 2.00 bits per heavy atom. The monoisotopic (exact) mass is 353 g/mol. The first kappa shape index (κ1) is 16.1. The molecule has 0 amide bonds. The summed E-state index contributed by atoms with van der Waals surface area (Å²) in [4.78, 5) is 11.3. The summed E-state index contributed by atoms with van der Waals surface area (Å²) in [7, 11) is 2.17. The van der Waals surface area contributed by atoms with E-state index in [9.17, 15) is 0 Å². The smallest absolute Gasteiger partial charge is 0.224 e. The average Bonchev–Trinajstić information content (AvgIpc) is 3.31. The first-order valence-electron chi connectivity index (χ1n) is 9.83. The highest BCUT2D eigenvalue weighted by atomic mass is 15.2. The Bertz CT molecular complexity index is 759. The summed E-state index contributed by atoms with van der Waals surface area (Å²) >= 11 is 0. The van der Waals surface area contributed by atoms with Crippen LogP contribution in [0.2, 0.25) is 0 Å². The van der Waals surface area contributed by atoms with Crippen LogP contribution < -0.4 is 10.6 Å². The minimum atomic E-state index is 0.451. The fourth-order valence-corrected chi connectivity index (χ4v) is 4.80. The molecule has 1 unspecified atom stereocenters. The summed E-state index contributed by atoms with van der Waals surface area (Å²) in [6, 6.07) is 4.49. The highest BCUT2D eigenvalue weighted by Crippen LogP contribution is 2.56. The molecule has 3 aliphatic carbocycles. The molecule has 26 heavy (non-hydrogen) atoms. The lowest BCUT2D eigenvalue weighted by molar-refractivity contribution is 0.263. The Labute approximate surface area is 154 Å². The van der Waals surface area contributed by atoms with Crippen molar-refractivity contribution in [3.63, 3.8) is 0 Å². The van der Waals surface area contributed by atoms with Crippen LogP contribution in [-0.4, -0.2) is 51.2 Å². The number of aromatic nitrogens is 4. The lowest BCUT2D eigenvalue weighted by Crippen LogP contribution is -2.37. The molecule has 4 fully saturated rings. The fraction of sp³-hybridized carbons (Fsp3) is 0.632. The number of nitrogens with one attached hydrogen (secondary N) is 3. The van der Waals surface area contributed by atoms with Crippen LogP contribution in [0.4, 0.5) is 17.6 Å². The lowest BCUT2D eigenvalue weighted by atomic mass is 9.82. The zero-order valence-electron chi connectivity index (χ0n) is 15.3. The number of aromatic amines is 1. The van der Waals surface area contributed by atoms with Gasteiger partial charge in [0.25, 0.3) is 0 Å². The van der Waals surface area contributed by atoms with E-state index in [0.717, 1.165) is 49.4 Å². The van der Waals surface area contributed by atoms with Crippen LogP contribution in [-0.2, 0) is 0 Å². The van der Waals surface area contributed by atoms with Gasteiger partial charge in [-0.25, -0.2) is 4.98 Å². The topological polar surface area (TPSA) is 81.8 Å². The standard InChI is InChI=1S/C19H27N7/c1-26-6-3-14(4-7-26)21-19-20-5-2-17(23-19)22-18-11-16(24-25-18)15-10-12-8-13(15)9-12/h2,5,11-15H,3-4,6-10H2,1H3,(H3,20,21,22,23,24,25). The average molecular weight is 353 g/mol. The second-order valence-electron chi connectivity index (χ2n) is 8.26. The molecule has 7 heteroatoms. The molecule has 6 rings (SSSR count). The van der Waals surface area contributed by atoms with Gasteiger partial charge in [0.1, 0.15) is 5.82 Å². The number of hydrogen-bond donors (Lipinski definition) is 3. The Morgan fingerprint density at radius 1 is 1.15 bits per heavy atom. The molecule has 2 aromatic heterocycles. The van der Waals surface area contributed by atoms with E-state index in [4.69, 9.17) is 0 Å². The molecule has 1 saturated heterocycles. The highest BCUT2D eigenvalue weighted by Gasteiger charge is 2.45. The van der Waals surface area contributed by atoms with Crippen molar-refractivity contribution in [2.75, 3.05) is 30.8 Å². The Morgan fingerprint density at radius 3 is 2.77 bits per heavy atom. The third kappa shape index (κ3) is 3.16. The Hall–Kier alpha value is -2.15. The van der Waals surface area contributed by atoms with Gasteiger partial charge in [0.15, 0.2) is 5.82 Å². The molecule has 138 valence electrons. The van der Waals surface area contributed by atoms with Crippen molar-refractivity contribution in [2.24, 2.45) is 11.8 Å². The van der Waals surface area contributed by atoms with E-state index in [2.05, 4.69) is 48.8 Å². The largest absolute Gasteiger partial charge is 0.351 e. The number of rotatable bonds is 5. The summed E-state index contributed by atoms with van der Waals surface area (Å²) in [5.41, 5.74) is 1.27. The van der Waals surface area contributed by atoms with Crippen molar-refractivity contribution in [3.05, 3.63) is 24.0 Å². The number of anilines is 3. The van der Waals surface area contributed by atoms with Gasteiger partial charge in [0, 0.05) is 29.9 Å². The first-order chi connectivity index (χ1) is 12.7. The van der Waals surface area contributed by atoms with Crippen molar-refractivity contribution >= 4 is 17.6 Å². The second-order valence-corrected chi connectivity index (χ2v) is 8.26. The Kier molecular flexibility index (Phi) is 4.04. The minimum Gasteiger partial charge on any atom is -0.351 e. The fourth-order valence-electron chi connectivity index (χ4n) is 4.80. The summed E-state index contributed by atoms with van der Waals surface area (Å²) < 4.78 is 0. The van der Waals surface area contributed by atoms with Crippen molar-refractivity contribution in [1.29, 1.82) is 0 Å². The molecule has 3 N–H and O–H groups in total. The van der Waals surface area contributed by atoms with Gasteiger partial charge in [0.2, 0.25) is 5.95 Å². The van der Waals surface area contributed by atoms with Gasteiger partial charge in [-0.1, -0.05) is 0 Å². The predicted molar refractivity (Wildman–Crippen MR) is 102 cm³/mol. The molecule has 2 aromatic rings. The maximum Gasteiger partial charge on any atom is 0.224 e. The van der Waals surface area contributed by atoms with Crippen molar-refractivity contribution in [3.8, 4) is 0 Å². The van der Waals surface area contributed by atoms with Gasteiger partial charge < -0.3 is 15.5 Å². The summed E-state index contributed by atoms with van der Waals surface area (Å²) in [5, 5.41) is 14.5. The number of piperidine rings is 1. The number of likely N-dealkylation sites (tertiary alicyclic amines) is 1. The molecule has 0 radical (unpaired) electrons. The summed E-state index contributed by atoms with van der Waals surface area (Å²) in [5.74, 6) is 4.82. The molecule has 0 aromatic carbocycles. The number of hydrogen-bond acceptors (Lipinski definition) is 6. The predicted octanol–water partition coefficient (Wildman–Crippen LogP) is 2.96. The van der Waals surface area contributed by atoms with E-state index in [0.29, 0.717) is 17.9 Å². The maximum absolute atomic E-state index is 4.61. The molecule has 7 nitrogen and oxygen atoms in total. The van der Waals surface area contributed by atoms with Gasteiger partial charge in [0.05, 0.1) is 0 Å². The van der Waals surface area contributed by atoms with Crippen LogP contribution in [0.3, 0.4) is 0 Å². The van der Waals surface area contributed by atoms with Gasteiger partial charge in [-0.05, 0) is 70.1 Å². The summed E-state index contributed by atoms with van der Waals surface area (Å²) in [6.45, 7) is 2.24. The highest BCUT2D eigenvalue weighted by molar-refractivity contribution is 5.53. The van der Waals surface area contributed by atoms with E-state index in [1.807, 2.05) is 6.07 Å². The SMILES string of the molecule is CN1CCC(Nc2nccc(Nc3cc(C4CC5CC4C5)[nH]n3)n2)CC1. The van der Waals surface area contributed by atoms with E-state index in [-0.39, 0.29) is 0 Å². The molecule has 0 spiro atoms. The normalized spacial score (nSPS) is 28.7. The van der Waals surface area contributed by atoms with Gasteiger partial charge in [-0.2, -0.15) is 10.1 Å². The van der Waals surface area contributed by atoms with Crippen molar-refractivity contribution in [2.45, 2.75) is 44.1 Å². The quantitative estimate of drug-likeness (QED) is 0.767. The van der Waals surface area contributed by atoms with E-state index in [1.165, 1.54) is 25.0 Å². The zero-order valence-corrected chi connectivity index (χ0v) is 15.3. The molecule has 2 bridgehead atoms. The molecular weight excluding hydrogens is 326 g/mol. The zero-order chi connectivity index (χ0) is 17.5. The molecule has 4 aliphatic rings. The first-order valence-corrected chi connectivity index (χ1v) is 9.83. The van der Waals surface area contributed by atoms with Crippen molar-refractivity contribution < 1.29 is 0 Å². The third-order valence-corrected chi connectivity index (χ3v) is 6.39. The molecule has 1 atom stereocenters. The van der Waals surface area contributed by atoms with Gasteiger partial charge in [-0.15, -0.1) is 0 Å².